The molecular weight excluding hydrogens is 268 g/mol. The SMILES string of the molecule is CC(C)CO[C@@H](C)C(=O)NCc1cccnc1OC(C)C. The van der Waals surface area contributed by atoms with Gasteiger partial charge in [-0.3, -0.25) is 4.79 Å². The summed E-state index contributed by atoms with van der Waals surface area (Å²) in [6.07, 6.45) is 1.26. The van der Waals surface area contributed by atoms with Gasteiger partial charge in [0.05, 0.1) is 6.10 Å². The van der Waals surface area contributed by atoms with Crippen molar-refractivity contribution in [2.75, 3.05) is 6.61 Å². The Morgan fingerprint density at radius 2 is 2.00 bits per heavy atom. The van der Waals surface area contributed by atoms with Crippen LogP contribution in [-0.2, 0) is 16.1 Å². The van der Waals surface area contributed by atoms with E-state index < -0.39 is 6.10 Å². The van der Waals surface area contributed by atoms with Crippen molar-refractivity contribution in [3.63, 3.8) is 0 Å². The molecule has 0 radical (unpaired) electrons. The highest BCUT2D eigenvalue weighted by Gasteiger charge is 2.15. The molecule has 0 aliphatic heterocycles. The number of carbonyl (C=O) groups excluding carboxylic acids is 1. The quantitative estimate of drug-likeness (QED) is 0.800. The van der Waals surface area contributed by atoms with Crippen molar-refractivity contribution in [1.82, 2.24) is 10.3 Å². The molecule has 118 valence electrons. The molecule has 0 unspecified atom stereocenters. The molecule has 0 spiro atoms. The van der Waals surface area contributed by atoms with E-state index >= 15 is 0 Å². The van der Waals surface area contributed by atoms with E-state index in [9.17, 15) is 4.79 Å². The number of nitrogens with zero attached hydrogens (tertiary/aromatic N) is 1. The lowest BCUT2D eigenvalue weighted by Gasteiger charge is -2.16. The molecule has 21 heavy (non-hydrogen) atoms. The Balaban J connectivity index is 2.52. The topological polar surface area (TPSA) is 60.5 Å². The monoisotopic (exact) mass is 294 g/mol. The third-order valence-electron chi connectivity index (χ3n) is 2.70. The minimum Gasteiger partial charge on any atom is -0.475 e. The van der Waals surface area contributed by atoms with E-state index in [1.807, 2.05) is 26.0 Å². The van der Waals surface area contributed by atoms with E-state index in [-0.39, 0.29) is 12.0 Å². The summed E-state index contributed by atoms with van der Waals surface area (Å²) in [6, 6.07) is 3.72. The van der Waals surface area contributed by atoms with Crippen molar-refractivity contribution in [3.05, 3.63) is 23.9 Å². The molecule has 0 aromatic carbocycles. The smallest absolute Gasteiger partial charge is 0.249 e. The van der Waals surface area contributed by atoms with Gasteiger partial charge in [-0.2, -0.15) is 0 Å². The average molecular weight is 294 g/mol. The first kappa shape index (κ1) is 17.4. The summed E-state index contributed by atoms with van der Waals surface area (Å²) in [4.78, 5) is 16.2. The van der Waals surface area contributed by atoms with E-state index in [4.69, 9.17) is 9.47 Å². The first-order valence-corrected chi connectivity index (χ1v) is 7.40. The van der Waals surface area contributed by atoms with E-state index in [2.05, 4.69) is 24.1 Å². The summed E-state index contributed by atoms with van der Waals surface area (Å²) in [5, 5.41) is 2.85. The zero-order chi connectivity index (χ0) is 15.8. The van der Waals surface area contributed by atoms with Gasteiger partial charge in [0.1, 0.15) is 6.10 Å². The van der Waals surface area contributed by atoms with Gasteiger partial charge in [-0.05, 0) is 32.8 Å². The van der Waals surface area contributed by atoms with Gasteiger partial charge in [0.2, 0.25) is 11.8 Å². The molecule has 0 aliphatic carbocycles. The zero-order valence-electron chi connectivity index (χ0n) is 13.6. The van der Waals surface area contributed by atoms with Crippen molar-refractivity contribution >= 4 is 5.91 Å². The highest BCUT2D eigenvalue weighted by atomic mass is 16.5. The number of hydrogen-bond donors (Lipinski definition) is 1. The normalized spacial score (nSPS) is 12.5. The Bertz CT molecular complexity index is 447. The standard InChI is InChI=1S/C16H26N2O3/c1-11(2)10-20-13(5)15(19)18-9-14-7-6-8-17-16(14)21-12(3)4/h6-8,11-13H,9-10H2,1-5H3,(H,18,19)/t13-/m0/s1. The Morgan fingerprint density at radius 3 is 2.62 bits per heavy atom. The van der Waals surface area contributed by atoms with Crippen LogP contribution in [0.25, 0.3) is 0 Å². The van der Waals surface area contributed by atoms with Crippen molar-refractivity contribution in [2.24, 2.45) is 5.92 Å². The molecule has 0 bridgehead atoms. The lowest BCUT2D eigenvalue weighted by atomic mass is 10.2. The summed E-state index contributed by atoms with van der Waals surface area (Å²) in [5.74, 6) is 0.836. The van der Waals surface area contributed by atoms with Crippen molar-refractivity contribution in [2.45, 2.75) is 53.4 Å². The highest BCUT2D eigenvalue weighted by Crippen LogP contribution is 2.15. The lowest BCUT2D eigenvalue weighted by molar-refractivity contribution is -0.132. The fourth-order valence-electron chi connectivity index (χ4n) is 1.63. The van der Waals surface area contributed by atoms with Gasteiger partial charge in [-0.15, -0.1) is 0 Å². The summed E-state index contributed by atoms with van der Waals surface area (Å²) >= 11 is 0. The molecule has 5 nitrogen and oxygen atoms in total. The van der Waals surface area contributed by atoms with E-state index in [0.29, 0.717) is 24.9 Å². The van der Waals surface area contributed by atoms with Crippen LogP contribution in [0.2, 0.25) is 0 Å². The second-order valence-electron chi connectivity index (χ2n) is 5.72. The molecule has 1 aromatic heterocycles. The van der Waals surface area contributed by atoms with Crippen LogP contribution >= 0.6 is 0 Å². The van der Waals surface area contributed by atoms with Gasteiger partial charge >= 0.3 is 0 Å². The first-order valence-electron chi connectivity index (χ1n) is 7.40. The fourth-order valence-corrected chi connectivity index (χ4v) is 1.63. The predicted octanol–water partition coefficient (Wildman–Crippen LogP) is 2.55. The Hall–Kier alpha value is -1.62. The molecule has 1 aromatic rings. The molecule has 1 heterocycles. The molecule has 1 N–H and O–H groups in total. The van der Waals surface area contributed by atoms with Gasteiger partial charge in [-0.25, -0.2) is 4.98 Å². The molecule has 1 amide bonds. The average Bonchev–Trinajstić information content (AvgIpc) is 2.42. The van der Waals surface area contributed by atoms with E-state index in [0.717, 1.165) is 5.56 Å². The van der Waals surface area contributed by atoms with Gasteiger partial charge in [0, 0.05) is 24.9 Å². The van der Waals surface area contributed by atoms with E-state index in [1.165, 1.54) is 0 Å². The van der Waals surface area contributed by atoms with Crippen LogP contribution in [0, 0.1) is 5.92 Å². The number of aromatic nitrogens is 1. The second-order valence-corrected chi connectivity index (χ2v) is 5.72. The third-order valence-corrected chi connectivity index (χ3v) is 2.70. The molecule has 0 fully saturated rings. The van der Waals surface area contributed by atoms with Crippen molar-refractivity contribution in [3.8, 4) is 5.88 Å². The number of pyridine rings is 1. The van der Waals surface area contributed by atoms with Crippen LogP contribution in [0.3, 0.4) is 0 Å². The van der Waals surface area contributed by atoms with Crippen LogP contribution in [0.5, 0.6) is 5.88 Å². The molecule has 0 saturated heterocycles. The summed E-state index contributed by atoms with van der Waals surface area (Å²) in [5.41, 5.74) is 0.857. The Labute approximate surface area is 127 Å². The lowest BCUT2D eigenvalue weighted by Crippen LogP contribution is -2.35. The molecule has 0 saturated carbocycles. The van der Waals surface area contributed by atoms with Crippen LogP contribution in [0.4, 0.5) is 0 Å². The Morgan fingerprint density at radius 1 is 1.29 bits per heavy atom. The van der Waals surface area contributed by atoms with Gasteiger partial charge in [-0.1, -0.05) is 19.9 Å². The Kier molecular flexibility index (Phi) is 7.15. The van der Waals surface area contributed by atoms with Crippen LogP contribution < -0.4 is 10.1 Å². The maximum atomic E-state index is 12.0. The van der Waals surface area contributed by atoms with Crippen LogP contribution in [-0.4, -0.2) is 29.7 Å². The second kappa shape index (κ2) is 8.62. The number of amides is 1. The minimum absolute atomic E-state index is 0.0441. The molecule has 1 atom stereocenters. The number of carbonyl (C=O) groups is 1. The third kappa shape index (κ3) is 6.58. The highest BCUT2D eigenvalue weighted by molar-refractivity contribution is 5.80. The van der Waals surface area contributed by atoms with Gasteiger partial charge in [0.15, 0.2) is 0 Å². The van der Waals surface area contributed by atoms with Gasteiger partial charge < -0.3 is 14.8 Å². The van der Waals surface area contributed by atoms with Gasteiger partial charge in [0.25, 0.3) is 0 Å². The van der Waals surface area contributed by atoms with Crippen LogP contribution in [0.1, 0.15) is 40.2 Å². The first-order chi connectivity index (χ1) is 9.90. The number of ether oxygens (including phenoxy) is 2. The van der Waals surface area contributed by atoms with Crippen molar-refractivity contribution < 1.29 is 14.3 Å². The zero-order valence-corrected chi connectivity index (χ0v) is 13.6. The van der Waals surface area contributed by atoms with Crippen LogP contribution in [0.15, 0.2) is 18.3 Å². The number of rotatable bonds is 8. The predicted molar refractivity (Wildman–Crippen MR) is 82.1 cm³/mol. The molecular formula is C16H26N2O3. The number of nitrogens with one attached hydrogen (secondary N) is 1. The van der Waals surface area contributed by atoms with Crippen molar-refractivity contribution in [1.29, 1.82) is 0 Å². The summed E-state index contributed by atoms with van der Waals surface area (Å²) in [7, 11) is 0. The maximum Gasteiger partial charge on any atom is 0.249 e. The number of hydrogen-bond acceptors (Lipinski definition) is 4. The molecule has 5 heteroatoms. The summed E-state index contributed by atoms with van der Waals surface area (Å²) < 4.78 is 11.1. The minimum atomic E-state index is -0.460. The molecule has 0 aliphatic rings. The molecule has 1 rings (SSSR count). The fraction of sp³-hybridized carbons (Fsp3) is 0.625. The van der Waals surface area contributed by atoms with E-state index in [1.54, 1.807) is 13.1 Å². The summed E-state index contributed by atoms with van der Waals surface area (Å²) in [6.45, 7) is 10.7. The largest absolute Gasteiger partial charge is 0.475 e. The maximum absolute atomic E-state index is 12.0.